The molecule has 0 bridgehead atoms. The van der Waals surface area contributed by atoms with Crippen LogP contribution in [0.15, 0.2) is 48.5 Å². The van der Waals surface area contributed by atoms with Crippen molar-refractivity contribution in [2.45, 2.75) is 13.3 Å². The van der Waals surface area contributed by atoms with Crippen molar-refractivity contribution >= 4 is 5.97 Å². The first-order valence-corrected chi connectivity index (χ1v) is 6.09. The van der Waals surface area contributed by atoms with E-state index in [1.165, 1.54) is 12.1 Å². The molecule has 0 aliphatic heterocycles. The quantitative estimate of drug-likeness (QED) is 0.614. The third-order valence-electron chi connectivity index (χ3n) is 2.42. The molecule has 0 aliphatic carbocycles. The Morgan fingerprint density at radius 2 is 1.60 bits per heavy atom. The molecule has 0 spiro atoms. The van der Waals surface area contributed by atoms with Crippen LogP contribution in [0.5, 0.6) is 17.2 Å². The van der Waals surface area contributed by atoms with E-state index < -0.39 is 11.8 Å². The Bertz CT molecular complexity index is 598. The molecule has 0 aliphatic rings. The summed E-state index contributed by atoms with van der Waals surface area (Å²) in [5.41, 5.74) is 0. The van der Waals surface area contributed by atoms with Crippen LogP contribution in [0.1, 0.15) is 13.3 Å². The minimum atomic E-state index is -0.509. The Balaban J connectivity index is 2.16. The van der Waals surface area contributed by atoms with E-state index in [9.17, 15) is 9.18 Å². The van der Waals surface area contributed by atoms with Gasteiger partial charge in [-0.25, -0.2) is 9.18 Å². The maximum atomic E-state index is 13.5. The minimum Gasteiger partial charge on any atom is -0.450 e. The Morgan fingerprint density at radius 1 is 1.00 bits per heavy atom. The van der Waals surface area contributed by atoms with E-state index in [0.29, 0.717) is 0 Å². The van der Waals surface area contributed by atoms with E-state index in [1.54, 1.807) is 43.3 Å². The van der Waals surface area contributed by atoms with Crippen LogP contribution in [-0.4, -0.2) is 5.97 Å². The van der Waals surface area contributed by atoms with E-state index in [1.807, 2.05) is 0 Å². The summed E-state index contributed by atoms with van der Waals surface area (Å²) < 4.78 is 18.9. The molecule has 0 saturated carbocycles. The van der Waals surface area contributed by atoms with Gasteiger partial charge in [-0.3, -0.25) is 9.78 Å². The second kappa shape index (κ2) is 6.56. The van der Waals surface area contributed by atoms with Gasteiger partial charge in [-0.1, -0.05) is 31.2 Å². The van der Waals surface area contributed by atoms with Gasteiger partial charge in [-0.2, -0.15) is 0 Å². The van der Waals surface area contributed by atoms with Crippen molar-refractivity contribution in [3.05, 3.63) is 54.3 Å². The monoisotopic (exact) mass is 276 g/mol. The van der Waals surface area contributed by atoms with E-state index in [0.717, 1.165) is 0 Å². The standard InChI is InChI=1S/C15H13FO4/c1-2-15(17)20-19-14-10-6-5-9-13(14)18-12-8-4-3-7-11(12)16/h3-10H,2H2,1H3. The largest absolute Gasteiger partial charge is 0.450 e. The molecule has 0 N–H and O–H groups in total. The molecule has 104 valence electrons. The fourth-order valence-corrected chi connectivity index (χ4v) is 1.40. The molecule has 0 saturated heterocycles. The van der Waals surface area contributed by atoms with Crippen molar-refractivity contribution in [3.8, 4) is 17.2 Å². The van der Waals surface area contributed by atoms with Crippen molar-refractivity contribution < 1.29 is 23.7 Å². The Labute approximate surface area is 115 Å². The first-order valence-electron chi connectivity index (χ1n) is 6.09. The third kappa shape index (κ3) is 3.47. The lowest BCUT2D eigenvalue weighted by molar-refractivity contribution is -0.213. The van der Waals surface area contributed by atoms with Crippen LogP contribution in [-0.2, 0) is 9.68 Å². The summed E-state index contributed by atoms with van der Waals surface area (Å²) in [6.45, 7) is 1.65. The van der Waals surface area contributed by atoms with Gasteiger partial charge >= 0.3 is 5.97 Å². The number of para-hydroxylation sites is 3. The number of benzene rings is 2. The van der Waals surface area contributed by atoms with Gasteiger partial charge in [0.15, 0.2) is 17.3 Å². The normalized spacial score (nSPS) is 9.90. The van der Waals surface area contributed by atoms with Gasteiger partial charge in [0, 0.05) is 6.42 Å². The fourth-order valence-electron chi connectivity index (χ4n) is 1.40. The average Bonchev–Trinajstić information content (AvgIpc) is 2.48. The molecular formula is C15H13FO4. The number of halogens is 1. The number of carbonyl (C=O) groups excluding carboxylic acids is 1. The van der Waals surface area contributed by atoms with E-state index >= 15 is 0 Å². The van der Waals surface area contributed by atoms with Crippen LogP contribution in [0.3, 0.4) is 0 Å². The first-order chi connectivity index (χ1) is 9.70. The van der Waals surface area contributed by atoms with Gasteiger partial charge in [-0.15, -0.1) is 0 Å². The van der Waals surface area contributed by atoms with E-state index in [2.05, 4.69) is 4.89 Å². The molecule has 0 fully saturated rings. The topological polar surface area (TPSA) is 44.8 Å². The van der Waals surface area contributed by atoms with Crippen molar-refractivity contribution in [2.75, 3.05) is 0 Å². The number of carbonyl (C=O) groups is 1. The summed E-state index contributed by atoms with van der Waals surface area (Å²) in [6.07, 6.45) is 0.191. The highest BCUT2D eigenvalue weighted by Crippen LogP contribution is 2.32. The second-order valence-electron chi connectivity index (χ2n) is 3.87. The average molecular weight is 276 g/mol. The zero-order valence-electron chi connectivity index (χ0n) is 10.8. The third-order valence-corrected chi connectivity index (χ3v) is 2.42. The molecule has 2 aromatic rings. The zero-order valence-corrected chi connectivity index (χ0v) is 10.8. The first kappa shape index (κ1) is 13.9. The molecule has 0 aromatic heterocycles. The highest BCUT2D eigenvalue weighted by Gasteiger charge is 2.11. The Hall–Kier alpha value is -2.56. The lowest BCUT2D eigenvalue weighted by atomic mass is 10.3. The lowest BCUT2D eigenvalue weighted by Gasteiger charge is -2.10. The van der Waals surface area contributed by atoms with Gasteiger partial charge in [0.2, 0.25) is 5.75 Å². The van der Waals surface area contributed by atoms with Gasteiger partial charge in [0.1, 0.15) is 0 Å². The summed E-state index contributed by atoms with van der Waals surface area (Å²) in [5, 5.41) is 0. The molecule has 5 heteroatoms. The Morgan fingerprint density at radius 3 is 2.25 bits per heavy atom. The van der Waals surface area contributed by atoms with Crippen molar-refractivity contribution in [3.63, 3.8) is 0 Å². The summed E-state index contributed by atoms with van der Waals surface area (Å²) in [7, 11) is 0. The maximum Gasteiger partial charge on any atom is 0.355 e. The second-order valence-corrected chi connectivity index (χ2v) is 3.87. The van der Waals surface area contributed by atoms with Crippen LogP contribution in [0.4, 0.5) is 4.39 Å². The summed E-state index contributed by atoms with van der Waals surface area (Å²) in [4.78, 5) is 20.5. The Kier molecular flexibility index (Phi) is 4.55. The van der Waals surface area contributed by atoms with Crippen LogP contribution in [0.2, 0.25) is 0 Å². The highest BCUT2D eigenvalue weighted by atomic mass is 19.1. The molecule has 4 nitrogen and oxygen atoms in total. The molecular weight excluding hydrogens is 263 g/mol. The lowest BCUT2D eigenvalue weighted by Crippen LogP contribution is -2.06. The zero-order chi connectivity index (χ0) is 14.4. The van der Waals surface area contributed by atoms with Crippen LogP contribution in [0, 0.1) is 5.82 Å². The van der Waals surface area contributed by atoms with E-state index in [-0.39, 0.29) is 23.7 Å². The number of ether oxygens (including phenoxy) is 1. The summed E-state index contributed by atoms with van der Waals surface area (Å²) in [6, 6.07) is 12.5. The number of hydrogen-bond acceptors (Lipinski definition) is 4. The van der Waals surface area contributed by atoms with Gasteiger partial charge in [-0.05, 0) is 24.3 Å². The molecule has 20 heavy (non-hydrogen) atoms. The van der Waals surface area contributed by atoms with Crippen LogP contribution in [0.25, 0.3) is 0 Å². The molecule has 0 atom stereocenters. The molecule has 0 heterocycles. The maximum absolute atomic E-state index is 13.5. The molecule has 0 radical (unpaired) electrons. The fraction of sp³-hybridized carbons (Fsp3) is 0.133. The summed E-state index contributed by atoms with van der Waals surface area (Å²) >= 11 is 0. The predicted molar refractivity (Wildman–Crippen MR) is 69.9 cm³/mol. The van der Waals surface area contributed by atoms with Gasteiger partial charge in [0.05, 0.1) is 0 Å². The number of hydrogen-bond donors (Lipinski definition) is 0. The van der Waals surface area contributed by atoms with Crippen molar-refractivity contribution in [1.29, 1.82) is 0 Å². The smallest absolute Gasteiger partial charge is 0.355 e. The highest BCUT2D eigenvalue weighted by molar-refractivity contribution is 5.68. The van der Waals surface area contributed by atoms with Crippen LogP contribution >= 0.6 is 0 Å². The van der Waals surface area contributed by atoms with Crippen LogP contribution < -0.4 is 9.62 Å². The molecule has 0 unspecified atom stereocenters. The van der Waals surface area contributed by atoms with Gasteiger partial charge < -0.3 is 4.74 Å². The van der Waals surface area contributed by atoms with Gasteiger partial charge in [0.25, 0.3) is 0 Å². The van der Waals surface area contributed by atoms with Crippen molar-refractivity contribution in [1.82, 2.24) is 0 Å². The minimum absolute atomic E-state index is 0.0605. The summed E-state index contributed by atoms with van der Waals surface area (Å²) in [5.74, 6) is -0.497. The van der Waals surface area contributed by atoms with E-state index in [4.69, 9.17) is 9.62 Å². The predicted octanol–water partition coefficient (Wildman–Crippen LogP) is 3.87. The number of rotatable bonds is 5. The SMILES string of the molecule is CCC(=O)OOc1ccccc1Oc1ccccc1F. The van der Waals surface area contributed by atoms with Crippen molar-refractivity contribution in [2.24, 2.45) is 0 Å². The molecule has 0 amide bonds. The molecule has 2 aromatic carbocycles. The molecule has 2 rings (SSSR count).